The van der Waals surface area contributed by atoms with E-state index in [-0.39, 0.29) is 5.56 Å². The Balaban J connectivity index is 1.73. The van der Waals surface area contributed by atoms with Gasteiger partial charge in [0.1, 0.15) is 18.2 Å². The van der Waals surface area contributed by atoms with Crippen LogP contribution in [-0.4, -0.2) is 24.2 Å². The first-order chi connectivity index (χ1) is 10.6. The normalized spacial score (nSPS) is 12.9. The molecule has 0 amide bonds. The standard InChI is InChI=1S/C17H14FNO3/c18-15-6-5-13(8-14(15)17(20)21)19-9-11-7-12-3-1-2-4-16(12)22-10-11/h1-8,19H,9-10H2,(H,20,21). The second-order valence-electron chi connectivity index (χ2n) is 4.98. The molecule has 0 saturated heterocycles. The van der Waals surface area contributed by atoms with Gasteiger partial charge in [0.25, 0.3) is 0 Å². The van der Waals surface area contributed by atoms with Gasteiger partial charge in [-0.1, -0.05) is 18.2 Å². The molecule has 5 heteroatoms. The van der Waals surface area contributed by atoms with Crippen LogP contribution in [0.25, 0.3) is 6.08 Å². The van der Waals surface area contributed by atoms with Crippen molar-refractivity contribution in [1.82, 2.24) is 0 Å². The Kier molecular flexibility index (Phi) is 3.78. The summed E-state index contributed by atoms with van der Waals surface area (Å²) in [6.45, 7) is 0.968. The van der Waals surface area contributed by atoms with E-state index >= 15 is 0 Å². The van der Waals surface area contributed by atoms with Crippen molar-refractivity contribution in [1.29, 1.82) is 0 Å². The Bertz CT molecular complexity index is 755. The number of halogens is 1. The lowest BCUT2D eigenvalue weighted by molar-refractivity contribution is 0.0692. The molecule has 2 N–H and O–H groups in total. The Labute approximate surface area is 126 Å². The molecule has 0 bridgehead atoms. The highest BCUT2D eigenvalue weighted by atomic mass is 19.1. The maximum absolute atomic E-state index is 13.3. The smallest absolute Gasteiger partial charge is 0.338 e. The van der Waals surface area contributed by atoms with Gasteiger partial charge in [0, 0.05) is 17.8 Å². The number of carboxylic acids is 1. The minimum atomic E-state index is -1.28. The predicted molar refractivity (Wildman–Crippen MR) is 81.8 cm³/mol. The SMILES string of the molecule is O=C(O)c1cc(NCC2=Cc3ccccc3OC2)ccc1F. The van der Waals surface area contributed by atoms with E-state index in [1.165, 1.54) is 12.1 Å². The van der Waals surface area contributed by atoms with Crippen molar-refractivity contribution in [2.45, 2.75) is 0 Å². The molecule has 112 valence electrons. The van der Waals surface area contributed by atoms with E-state index in [4.69, 9.17) is 9.84 Å². The number of carbonyl (C=O) groups is 1. The zero-order valence-corrected chi connectivity index (χ0v) is 11.7. The second kappa shape index (κ2) is 5.89. The van der Waals surface area contributed by atoms with Gasteiger partial charge in [-0.15, -0.1) is 0 Å². The number of hydrogen-bond acceptors (Lipinski definition) is 3. The Morgan fingerprint density at radius 1 is 1.27 bits per heavy atom. The van der Waals surface area contributed by atoms with Gasteiger partial charge in [-0.2, -0.15) is 0 Å². The van der Waals surface area contributed by atoms with Crippen LogP contribution in [0.15, 0.2) is 48.0 Å². The third-order valence-corrected chi connectivity index (χ3v) is 3.41. The first kappa shape index (κ1) is 14.1. The molecule has 1 aliphatic heterocycles. The van der Waals surface area contributed by atoms with E-state index in [1.54, 1.807) is 0 Å². The molecule has 3 rings (SSSR count). The fourth-order valence-corrected chi connectivity index (χ4v) is 2.28. The topological polar surface area (TPSA) is 58.6 Å². The van der Waals surface area contributed by atoms with E-state index < -0.39 is 11.8 Å². The van der Waals surface area contributed by atoms with Crippen molar-refractivity contribution in [3.05, 3.63) is 65.0 Å². The van der Waals surface area contributed by atoms with Gasteiger partial charge < -0.3 is 15.2 Å². The molecular formula is C17H14FNO3. The summed E-state index contributed by atoms with van der Waals surface area (Å²) < 4.78 is 19.0. The van der Waals surface area contributed by atoms with Crippen LogP contribution in [0, 0.1) is 5.82 Å². The molecule has 2 aromatic carbocycles. The van der Waals surface area contributed by atoms with Gasteiger partial charge >= 0.3 is 5.97 Å². The summed E-state index contributed by atoms with van der Waals surface area (Å²) in [5, 5.41) is 12.0. The number of hydrogen-bond donors (Lipinski definition) is 2. The molecule has 0 radical (unpaired) electrons. The molecule has 0 fully saturated rings. The summed E-state index contributed by atoms with van der Waals surface area (Å²) in [4.78, 5) is 10.9. The van der Waals surface area contributed by atoms with Crippen molar-refractivity contribution < 1.29 is 19.0 Å². The van der Waals surface area contributed by atoms with Crippen molar-refractivity contribution >= 4 is 17.7 Å². The van der Waals surface area contributed by atoms with E-state index in [0.717, 1.165) is 23.0 Å². The third kappa shape index (κ3) is 2.93. The van der Waals surface area contributed by atoms with Crippen molar-refractivity contribution in [3.8, 4) is 5.75 Å². The lowest BCUT2D eigenvalue weighted by Crippen LogP contribution is -2.15. The van der Waals surface area contributed by atoms with Crippen LogP contribution in [-0.2, 0) is 0 Å². The van der Waals surface area contributed by atoms with Crippen LogP contribution in [0.5, 0.6) is 5.75 Å². The number of para-hydroxylation sites is 1. The zero-order chi connectivity index (χ0) is 15.5. The van der Waals surface area contributed by atoms with Crippen LogP contribution in [0.2, 0.25) is 0 Å². The van der Waals surface area contributed by atoms with E-state index in [9.17, 15) is 9.18 Å². The third-order valence-electron chi connectivity index (χ3n) is 3.41. The molecular weight excluding hydrogens is 285 g/mol. The predicted octanol–water partition coefficient (Wildman–Crippen LogP) is 3.41. The van der Waals surface area contributed by atoms with Gasteiger partial charge in [0.05, 0.1) is 5.56 Å². The quantitative estimate of drug-likeness (QED) is 0.908. The fourth-order valence-electron chi connectivity index (χ4n) is 2.28. The number of ether oxygens (including phenoxy) is 1. The summed E-state index contributed by atoms with van der Waals surface area (Å²) in [6, 6.07) is 11.7. The maximum Gasteiger partial charge on any atom is 0.338 e. The molecule has 0 aromatic heterocycles. The summed E-state index contributed by atoms with van der Waals surface area (Å²) in [5.41, 5.74) is 2.25. The molecule has 2 aromatic rings. The number of anilines is 1. The van der Waals surface area contributed by atoms with Crippen LogP contribution < -0.4 is 10.1 Å². The highest BCUT2D eigenvalue weighted by Crippen LogP contribution is 2.26. The molecule has 0 unspecified atom stereocenters. The maximum atomic E-state index is 13.3. The summed E-state index contributed by atoms with van der Waals surface area (Å²) in [5.74, 6) is -1.18. The van der Waals surface area contributed by atoms with Gasteiger partial charge in [0.15, 0.2) is 0 Å². The minimum Gasteiger partial charge on any atom is -0.489 e. The number of fused-ring (bicyclic) bond motifs is 1. The van der Waals surface area contributed by atoms with Crippen LogP contribution in [0.4, 0.5) is 10.1 Å². The molecule has 1 aliphatic rings. The Morgan fingerprint density at radius 2 is 2.09 bits per heavy atom. The van der Waals surface area contributed by atoms with Crippen LogP contribution in [0.1, 0.15) is 15.9 Å². The number of nitrogens with one attached hydrogen (secondary N) is 1. The number of rotatable bonds is 4. The number of benzene rings is 2. The molecule has 22 heavy (non-hydrogen) atoms. The van der Waals surface area contributed by atoms with Gasteiger partial charge in [0.2, 0.25) is 0 Å². The summed E-state index contributed by atoms with van der Waals surface area (Å²) in [7, 11) is 0. The summed E-state index contributed by atoms with van der Waals surface area (Å²) in [6.07, 6.45) is 2.04. The highest BCUT2D eigenvalue weighted by molar-refractivity contribution is 5.89. The van der Waals surface area contributed by atoms with E-state index in [2.05, 4.69) is 5.32 Å². The number of carboxylic acid groups (broad SMARTS) is 1. The van der Waals surface area contributed by atoms with Crippen LogP contribution >= 0.6 is 0 Å². The minimum absolute atomic E-state index is 0.343. The highest BCUT2D eigenvalue weighted by Gasteiger charge is 2.12. The largest absolute Gasteiger partial charge is 0.489 e. The summed E-state index contributed by atoms with van der Waals surface area (Å²) >= 11 is 0. The second-order valence-corrected chi connectivity index (χ2v) is 4.98. The van der Waals surface area contributed by atoms with Crippen molar-refractivity contribution in [3.63, 3.8) is 0 Å². The molecule has 4 nitrogen and oxygen atoms in total. The average Bonchev–Trinajstić information content (AvgIpc) is 2.53. The van der Waals surface area contributed by atoms with Crippen LogP contribution in [0.3, 0.4) is 0 Å². The lowest BCUT2D eigenvalue weighted by Gasteiger charge is -2.18. The number of aromatic carboxylic acids is 1. The molecule has 1 heterocycles. The Morgan fingerprint density at radius 3 is 2.91 bits per heavy atom. The van der Waals surface area contributed by atoms with Gasteiger partial charge in [-0.05, 0) is 35.9 Å². The fraction of sp³-hybridized carbons (Fsp3) is 0.118. The van der Waals surface area contributed by atoms with Crippen molar-refractivity contribution in [2.75, 3.05) is 18.5 Å². The first-order valence-corrected chi connectivity index (χ1v) is 6.81. The van der Waals surface area contributed by atoms with Gasteiger partial charge in [-0.3, -0.25) is 0 Å². The Hall–Kier alpha value is -2.82. The molecule has 0 aliphatic carbocycles. The van der Waals surface area contributed by atoms with E-state index in [1.807, 2.05) is 30.3 Å². The zero-order valence-electron chi connectivity index (χ0n) is 11.7. The van der Waals surface area contributed by atoms with E-state index in [0.29, 0.717) is 18.8 Å². The average molecular weight is 299 g/mol. The van der Waals surface area contributed by atoms with Gasteiger partial charge in [-0.25, -0.2) is 9.18 Å². The van der Waals surface area contributed by atoms with Crippen molar-refractivity contribution in [2.24, 2.45) is 0 Å². The molecule has 0 saturated carbocycles. The molecule has 0 spiro atoms. The first-order valence-electron chi connectivity index (χ1n) is 6.81. The molecule has 0 atom stereocenters. The monoisotopic (exact) mass is 299 g/mol. The lowest BCUT2D eigenvalue weighted by atomic mass is 10.1.